The first kappa shape index (κ1) is 11.8. The van der Waals surface area contributed by atoms with Gasteiger partial charge in [-0.15, -0.1) is 0 Å². The lowest BCUT2D eigenvalue weighted by Gasteiger charge is -2.30. The van der Waals surface area contributed by atoms with Gasteiger partial charge >= 0.3 is 6.16 Å². The van der Waals surface area contributed by atoms with Gasteiger partial charge in [0.25, 0.3) is 0 Å². The molecule has 1 aliphatic rings. The number of hydrogen-bond acceptors (Lipinski definition) is 4. The van der Waals surface area contributed by atoms with Crippen molar-refractivity contribution in [2.24, 2.45) is 0 Å². The van der Waals surface area contributed by atoms with Crippen LogP contribution in [0.1, 0.15) is 26.7 Å². The lowest BCUT2D eigenvalue weighted by Crippen LogP contribution is -2.40. The summed E-state index contributed by atoms with van der Waals surface area (Å²) in [5.74, 6) is 0.0737. The van der Waals surface area contributed by atoms with Gasteiger partial charge in [-0.05, 0) is 6.92 Å². The highest BCUT2D eigenvalue weighted by Gasteiger charge is 2.23. The van der Waals surface area contributed by atoms with E-state index in [1.54, 1.807) is 18.7 Å². The van der Waals surface area contributed by atoms with Crippen LogP contribution in [0, 0.1) is 0 Å². The van der Waals surface area contributed by atoms with Gasteiger partial charge in [-0.3, -0.25) is 4.79 Å². The maximum absolute atomic E-state index is 11.0. The summed E-state index contributed by atoms with van der Waals surface area (Å²) in [6.45, 7) is 4.91. The molecule has 0 radical (unpaired) electrons. The normalized spacial score (nSPS) is 17.3. The van der Waals surface area contributed by atoms with Crippen LogP contribution < -0.4 is 0 Å². The first-order valence-corrected chi connectivity index (χ1v) is 5.22. The van der Waals surface area contributed by atoms with E-state index >= 15 is 0 Å². The lowest BCUT2D eigenvalue weighted by molar-refractivity contribution is -0.130. The van der Waals surface area contributed by atoms with Gasteiger partial charge in [0.1, 0.15) is 6.10 Å². The number of ether oxygens (including phenoxy) is 2. The molecule has 0 unspecified atom stereocenters. The minimum Gasteiger partial charge on any atom is -0.435 e. The van der Waals surface area contributed by atoms with Crippen LogP contribution in [0.5, 0.6) is 0 Å². The molecule has 0 atom stereocenters. The van der Waals surface area contributed by atoms with E-state index in [1.165, 1.54) is 0 Å². The molecule has 1 saturated heterocycles. The molecule has 0 bridgehead atoms. The van der Waals surface area contributed by atoms with Gasteiger partial charge in [-0.25, -0.2) is 4.79 Å². The zero-order valence-electron chi connectivity index (χ0n) is 9.19. The van der Waals surface area contributed by atoms with Crippen molar-refractivity contribution < 1.29 is 19.1 Å². The Morgan fingerprint density at radius 3 is 2.40 bits per heavy atom. The predicted octanol–water partition coefficient (Wildman–Crippen LogP) is 1.17. The molecule has 1 amide bonds. The van der Waals surface area contributed by atoms with Crippen molar-refractivity contribution in [3.8, 4) is 0 Å². The molecule has 15 heavy (non-hydrogen) atoms. The fourth-order valence-corrected chi connectivity index (χ4v) is 1.58. The second-order valence-electron chi connectivity index (χ2n) is 3.51. The van der Waals surface area contributed by atoms with Crippen LogP contribution in [0.15, 0.2) is 0 Å². The first-order chi connectivity index (χ1) is 7.13. The fourth-order valence-electron chi connectivity index (χ4n) is 1.58. The van der Waals surface area contributed by atoms with E-state index in [4.69, 9.17) is 4.74 Å². The van der Waals surface area contributed by atoms with Crippen molar-refractivity contribution in [3.63, 3.8) is 0 Å². The van der Waals surface area contributed by atoms with Gasteiger partial charge in [0.2, 0.25) is 5.91 Å². The van der Waals surface area contributed by atoms with E-state index in [2.05, 4.69) is 4.74 Å². The minimum absolute atomic E-state index is 0.0737. The predicted molar refractivity (Wildman–Crippen MR) is 53.4 cm³/mol. The number of nitrogens with zero attached hydrogens (tertiary/aromatic N) is 1. The monoisotopic (exact) mass is 215 g/mol. The third-order valence-corrected chi connectivity index (χ3v) is 2.41. The van der Waals surface area contributed by atoms with Crippen LogP contribution in [0.2, 0.25) is 0 Å². The molecule has 1 aliphatic heterocycles. The van der Waals surface area contributed by atoms with E-state index in [-0.39, 0.29) is 12.0 Å². The summed E-state index contributed by atoms with van der Waals surface area (Å²) in [7, 11) is 0. The molecule has 0 N–H and O–H groups in total. The number of carbonyl (C=O) groups excluding carboxylic acids is 2. The lowest BCUT2D eigenvalue weighted by atomic mass is 10.1. The second-order valence-corrected chi connectivity index (χ2v) is 3.51. The van der Waals surface area contributed by atoms with Crippen molar-refractivity contribution in [2.45, 2.75) is 32.8 Å². The Bertz CT molecular complexity index is 234. The molecule has 86 valence electrons. The SMILES string of the molecule is CCOC(=O)OC1CCN(C(C)=O)CC1. The molecular formula is C10H17NO4. The van der Waals surface area contributed by atoms with E-state index < -0.39 is 6.16 Å². The molecular weight excluding hydrogens is 198 g/mol. The third-order valence-electron chi connectivity index (χ3n) is 2.41. The summed E-state index contributed by atoms with van der Waals surface area (Å²) >= 11 is 0. The van der Waals surface area contributed by atoms with Crippen molar-refractivity contribution in [2.75, 3.05) is 19.7 Å². The van der Waals surface area contributed by atoms with Gasteiger partial charge < -0.3 is 14.4 Å². The molecule has 0 aromatic rings. The average Bonchev–Trinajstić information content (AvgIpc) is 2.18. The van der Waals surface area contributed by atoms with Crippen molar-refractivity contribution in [1.29, 1.82) is 0 Å². The smallest absolute Gasteiger partial charge is 0.435 e. The summed E-state index contributed by atoms with van der Waals surface area (Å²) in [6.07, 6.45) is 0.662. The zero-order chi connectivity index (χ0) is 11.3. The maximum atomic E-state index is 11.0. The van der Waals surface area contributed by atoms with Gasteiger partial charge in [-0.2, -0.15) is 0 Å². The summed E-state index contributed by atoms with van der Waals surface area (Å²) in [5.41, 5.74) is 0. The molecule has 0 aromatic carbocycles. The molecule has 0 spiro atoms. The van der Waals surface area contributed by atoms with E-state index in [0.29, 0.717) is 32.5 Å². The highest BCUT2D eigenvalue weighted by atomic mass is 16.7. The van der Waals surface area contributed by atoms with E-state index in [9.17, 15) is 9.59 Å². The molecule has 1 heterocycles. The summed E-state index contributed by atoms with van der Waals surface area (Å²) in [6, 6.07) is 0. The maximum Gasteiger partial charge on any atom is 0.508 e. The molecule has 5 nitrogen and oxygen atoms in total. The zero-order valence-corrected chi connectivity index (χ0v) is 9.19. The third kappa shape index (κ3) is 3.77. The summed E-state index contributed by atoms with van der Waals surface area (Å²) < 4.78 is 9.74. The number of carbonyl (C=O) groups is 2. The van der Waals surface area contributed by atoms with Gasteiger partial charge in [-0.1, -0.05) is 0 Å². The van der Waals surface area contributed by atoms with Crippen LogP contribution in [0.4, 0.5) is 4.79 Å². The van der Waals surface area contributed by atoms with Crippen molar-refractivity contribution in [1.82, 2.24) is 4.90 Å². The van der Waals surface area contributed by atoms with Crippen LogP contribution >= 0.6 is 0 Å². The van der Waals surface area contributed by atoms with Crippen LogP contribution in [-0.4, -0.2) is 42.8 Å². The molecule has 0 saturated carbocycles. The second kappa shape index (κ2) is 5.58. The fraction of sp³-hybridized carbons (Fsp3) is 0.800. The van der Waals surface area contributed by atoms with Crippen LogP contribution in [-0.2, 0) is 14.3 Å². The summed E-state index contributed by atoms with van der Waals surface area (Å²) in [4.78, 5) is 23.8. The molecule has 5 heteroatoms. The average molecular weight is 215 g/mol. The minimum atomic E-state index is -0.612. The first-order valence-electron chi connectivity index (χ1n) is 5.22. The molecule has 0 aromatic heterocycles. The highest BCUT2D eigenvalue weighted by molar-refractivity contribution is 5.73. The Kier molecular flexibility index (Phi) is 4.39. The Hall–Kier alpha value is -1.26. The number of likely N-dealkylation sites (tertiary alicyclic amines) is 1. The van der Waals surface area contributed by atoms with Gasteiger partial charge in [0.05, 0.1) is 6.61 Å². The van der Waals surface area contributed by atoms with E-state index in [0.717, 1.165) is 0 Å². The Balaban J connectivity index is 2.25. The Morgan fingerprint density at radius 1 is 1.33 bits per heavy atom. The number of amides is 1. The van der Waals surface area contributed by atoms with Crippen molar-refractivity contribution in [3.05, 3.63) is 0 Å². The largest absolute Gasteiger partial charge is 0.508 e. The number of hydrogen-bond donors (Lipinski definition) is 0. The van der Waals surface area contributed by atoms with Gasteiger partial charge in [0, 0.05) is 32.9 Å². The van der Waals surface area contributed by atoms with Crippen molar-refractivity contribution >= 4 is 12.1 Å². The quantitative estimate of drug-likeness (QED) is 0.649. The summed E-state index contributed by atoms with van der Waals surface area (Å²) in [5, 5.41) is 0. The molecule has 1 fully saturated rings. The molecule has 1 rings (SSSR count). The molecule has 0 aliphatic carbocycles. The number of piperidine rings is 1. The standard InChI is InChI=1S/C10H17NO4/c1-3-14-10(13)15-9-4-6-11(7-5-9)8(2)12/h9H,3-7H2,1-2H3. The van der Waals surface area contributed by atoms with E-state index in [1.807, 2.05) is 0 Å². The Morgan fingerprint density at radius 2 is 1.93 bits per heavy atom. The van der Waals surface area contributed by atoms with Crippen LogP contribution in [0.3, 0.4) is 0 Å². The topological polar surface area (TPSA) is 55.8 Å². The highest BCUT2D eigenvalue weighted by Crippen LogP contribution is 2.14. The Labute approximate surface area is 89.3 Å². The number of rotatable bonds is 2. The van der Waals surface area contributed by atoms with Crippen LogP contribution in [0.25, 0.3) is 0 Å². The van der Waals surface area contributed by atoms with Gasteiger partial charge in [0.15, 0.2) is 0 Å².